The molecule has 1 fully saturated rings. The molecule has 0 heterocycles. The number of aromatic hydroxyl groups is 1. The Hall–Kier alpha value is -1.24. The number of aryl methyl sites for hydroxylation is 1. The molecular formula is C22H30O. The van der Waals surface area contributed by atoms with Crippen LogP contribution in [-0.4, -0.2) is 5.11 Å². The van der Waals surface area contributed by atoms with Gasteiger partial charge in [-0.05, 0) is 90.5 Å². The third-order valence-electron chi connectivity index (χ3n) is 7.28. The van der Waals surface area contributed by atoms with Gasteiger partial charge in [0.15, 0.2) is 0 Å². The smallest absolute Gasteiger partial charge is 0.115 e. The summed E-state index contributed by atoms with van der Waals surface area (Å²) in [6.07, 6.45) is 13.3. The van der Waals surface area contributed by atoms with Crippen LogP contribution in [0.3, 0.4) is 0 Å². The molecule has 4 atom stereocenters. The summed E-state index contributed by atoms with van der Waals surface area (Å²) in [5.74, 6) is 3.00. The third kappa shape index (κ3) is 2.35. The maximum atomic E-state index is 9.77. The van der Waals surface area contributed by atoms with E-state index < -0.39 is 0 Å². The van der Waals surface area contributed by atoms with Crippen molar-refractivity contribution in [3.05, 3.63) is 35.4 Å². The topological polar surface area (TPSA) is 20.2 Å². The van der Waals surface area contributed by atoms with E-state index in [-0.39, 0.29) is 0 Å². The fraction of sp³-hybridized carbons (Fsp3) is 0.636. The SMILES string of the molecule is CCCC[C@H]1CC[C@H]2[C@@H]3CCc4cc(O)ccc4C3=CC[C@]12C. The van der Waals surface area contributed by atoms with E-state index in [4.69, 9.17) is 0 Å². The Morgan fingerprint density at radius 3 is 2.91 bits per heavy atom. The standard InChI is InChI=1S/C22H30O/c1-3-4-5-16-7-11-21-20-9-6-15-14-17(23)8-10-18(15)19(20)12-13-22(16,21)2/h8,10,12,14,16,20-21,23H,3-7,9,11,13H2,1-2H3/t16-,20+,21-,22+/m0/s1. The van der Waals surface area contributed by atoms with Gasteiger partial charge in [0.1, 0.15) is 5.75 Å². The van der Waals surface area contributed by atoms with Gasteiger partial charge in [0.2, 0.25) is 0 Å². The minimum atomic E-state index is 0.420. The van der Waals surface area contributed by atoms with Crippen molar-refractivity contribution in [2.75, 3.05) is 0 Å². The Bertz CT molecular complexity index is 629. The Labute approximate surface area is 140 Å². The van der Waals surface area contributed by atoms with E-state index in [1.165, 1.54) is 56.1 Å². The van der Waals surface area contributed by atoms with Gasteiger partial charge in [-0.1, -0.05) is 38.8 Å². The highest BCUT2D eigenvalue weighted by Crippen LogP contribution is 2.61. The van der Waals surface area contributed by atoms with Crippen molar-refractivity contribution < 1.29 is 5.11 Å². The molecule has 0 unspecified atom stereocenters. The van der Waals surface area contributed by atoms with Gasteiger partial charge in [-0.3, -0.25) is 0 Å². The minimum absolute atomic E-state index is 0.420. The highest BCUT2D eigenvalue weighted by molar-refractivity contribution is 5.73. The summed E-state index contributed by atoms with van der Waals surface area (Å²) in [4.78, 5) is 0. The molecule has 1 heteroatoms. The maximum absolute atomic E-state index is 9.77. The van der Waals surface area contributed by atoms with Crippen molar-refractivity contribution >= 4 is 5.57 Å². The van der Waals surface area contributed by atoms with Crippen molar-refractivity contribution in [2.24, 2.45) is 23.2 Å². The van der Waals surface area contributed by atoms with Crippen LogP contribution in [-0.2, 0) is 6.42 Å². The summed E-state index contributed by atoms with van der Waals surface area (Å²) >= 11 is 0. The molecule has 0 radical (unpaired) electrons. The zero-order chi connectivity index (χ0) is 16.0. The number of rotatable bonds is 3. The summed E-state index contributed by atoms with van der Waals surface area (Å²) in [6, 6.07) is 6.02. The predicted octanol–water partition coefficient (Wildman–Crippen LogP) is 5.96. The summed E-state index contributed by atoms with van der Waals surface area (Å²) in [6.45, 7) is 4.91. The van der Waals surface area contributed by atoms with Gasteiger partial charge < -0.3 is 5.11 Å². The molecule has 3 aliphatic carbocycles. The first-order valence-electron chi connectivity index (χ1n) is 9.66. The van der Waals surface area contributed by atoms with Crippen LogP contribution in [0.25, 0.3) is 5.57 Å². The average molecular weight is 310 g/mol. The van der Waals surface area contributed by atoms with E-state index in [0.29, 0.717) is 11.2 Å². The number of unbranched alkanes of at least 4 members (excludes halogenated alkanes) is 1. The molecule has 1 aromatic carbocycles. The lowest BCUT2D eigenvalue weighted by Gasteiger charge is -2.47. The van der Waals surface area contributed by atoms with Gasteiger partial charge >= 0.3 is 0 Å². The van der Waals surface area contributed by atoms with Gasteiger partial charge in [0.25, 0.3) is 0 Å². The van der Waals surface area contributed by atoms with Gasteiger partial charge in [-0.15, -0.1) is 0 Å². The summed E-state index contributed by atoms with van der Waals surface area (Å²) in [5.41, 5.74) is 4.93. The van der Waals surface area contributed by atoms with E-state index >= 15 is 0 Å². The fourth-order valence-electron chi connectivity index (χ4n) is 5.99. The van der Waals surface area contributed by atoms with Crippen molar-refractivity contribution in [1.82, 2.24) is 0 Å². The molecule has 4 rings (SSSR count). The van der Waals surface area contributed by atoms with Gasteiger partial charge in [0, 0.05) is 0 Å². The molecule has 3 aliphatic rings. The first-order chi connectivity index (χ1) is 11.1. The second-order valence-corrected chi connectivity index (χ2v) is 8.38. The van der Waals surface area contributed by atoms with Gasteiger partial charge in [-0.2, -0.15) is 0 Å². The molecule has 0 saturated heterocycles. The largest absolute Gasteiger partial charge is 0.508 e. The molecule has 23 heavy (non-hydrogen) atoms. The van der Waals surface area contributed by atoms with Crippen LogP contribution in [0.4, 0.5) is 0 Å². The second-order valence-electron chi connectivity index (χ2n) is 8.38. The number of allylic oxidation sites excluding steroid dienone is 2. The van der Waals surface area contributed by atoms with E-state index in [0.717, 1.165) is 24.2 Å². The first kappa shape index (κ1) is 15.3. The first-order valence-corrected chi connectivity index (χ1v) is 9.66. The van der Waals surface area contributed by atoms with Crippen LogP contribution in [0.1, 0.15) is 69.9 Å². The molecule has 1 saturated carbocycles. The second kappa shape index (κ2) is 5.69. The normalized spacial score (nSPS) is 35.2. The number of phenolic OH excluding ortho intramolecular Hbond substituents is 1. The van der Waals surface area contributed by atoms with Crippen molar-refractivity contribution in [3.8, 4) is 5.75 Å². The van der Waals surface area contributed by atoms with Crippen LogP contribution < -0.4 is 0 Å². The number of benzene rings is 1. The summed E-state index contributed by atoms with van der Waals surface area (Å²) in [5, 5.41) is 9.77. The van der Waals surface area contributed by atoms with E-state index in [2.05, 4.69) is 26.0 Å². The predicted molar refractivity (Wildman–Crippen MR) is 96.4 cm³/mol. The molecule has 1 nitrogen and oxygen atoms in total. The zero-order valence-corrected chi connectivity index (χ0v) is 14.6. The van der Waals surface area contributed by atoms with Gasteiger partial charge in [0.05, 0.1) is 0 Å². The molecule has 0 aromatic heterocycles. The fourth-order valence-corrected chi connectivity index (χ4v) is 5.99. The number of fused-ring (bicyclic) bond motifs is 5. The monoisotopic (exact) mass is 310 g/mol. The average Bonchev–Trinajstić information content (AvgIpc) is 2.89. The number of hydrogen-bond donors (Lipinski definition) is 1. The quantitative estimate of drug-likeness (QED) is 0.729. The van der Waals surface area contributed by atoms with Crippen LogP contribution in [0.5, 0.6) is 5.75 Å². The molecular weight excluding hydrogens is 280 g/mol. The van der Waals surface area contributed by atoms with E-state index in [1.54, 1.807) is 5.57 Å². The lowest BCUT2D eigenvalue weighted by Crippen LogP contribution is -2.37. The van der Waals surface area contributed by atoms with Crippen molar-refractivity contribution in [2.45, 2.75) is 65.2 Å². The summed E-state index contributed by atoms with van der Waals surface area (Å²) in [7, 11) is 0. The lowest BCUT2D eigenvalue weighted by molar-refractivity contribution is 0.110. The van der Waals surface area contributed by atoms with E-state index in [1.807, 2.05) is 12.1 Å². The third-order valence-corrected chi connectivity index (χ3v) is 7.28. The van der Waals surface area contributed by atoms with Crippen LogP contribution >= 0.6 is 0 Å². The molecule has 0 amide bonds. The highest BCUT2D eigenvalue weighted by Gasteiger charge is 2.51. The highest BCUT2D eigenvalue weighted by atomic mass is 16.3. The Morgan fingerprint density at radius 1 is 1.22 bits per heavy atom. The molecule has 0 bridgehead atoms. The van der Waals surface area contributed by atoms with Crippen molar-refractivity contribution in [1.29, 1.82) is 0 Å². The van der Waals surface area contributed by atoms with Crippen LogP contribution in [0.15, 0.2) is 24.3 Å². The lowest BCUT2D eigenvalue weighted by atomic mass is 9.58. The van der Waals surface area contributed by atoms with Gasteiger partial charge in [-0.25, -0.2) is 0 Å². The molecule has 0 aliphatic heterocycles. The van der Waals surface area contributed by atoms with E-state index in [9.17, 15) is 5.11 Å². The molecule has 1 N–H and O–H groups in total. The Morgan fingerprint density at radius 2 is 2.09 bits per heavy atom. The molecule has 1 aromatic rings. The van der Waals surface area contributed by atoms with Crippen LogP contribution in [0.2, 0.25) is 0 Å². The maximum Gasteiger partial charge on any atom is 0.115 e. The molecule has 124 valence electrons. The minimum Gasteiger partial charge on any atom is -0.508 e. The number of hydrogen-bond acceptors (Lipinski definition) is 1. The van der Waals surface area contributed by atoms with Crippen LogP contribution in [0, 0.1) is 23.2 Å². The summed E-state index contributed by atoms with van der Waals surface area (Å²) < 4.78 is 0. The Balaban J connectivity index is 1.66. The molecule has 0 spiro atoms. The Kier molecular flexibility index (Phi) is 3.78. The van der Waals surface area contributed by atoms with Crippen molar-refractivity contribution in [3.63, 3.8) is 0 Å². The number of phenols is 1. The zero-order valence-electron chi connectivity index (χ0n) is 14.6.